The highest BCUT2D eigenvalue weighted by Gasteiger charge is 2.57. The topological polar surface area (TPSA) is 82.1 Å². The lowest BCUT2D eigenvalue weighted by molar-refractivity contribution is -0.244. The van der Waals surface area contributed by atoms with Crippen LogP contribution in [0.3, 0.4) is 0 Å². The molecular weight excluding hydrogens is 405 g/mol. The molecule has 1 aromatic rings. The van der Waals surface area contributed by atoms with E-state index < -0.39 is 46.6 Å². The van der Waals surface area contributed by atoms with E-state index in [1.165, 1.54) is 26.0 Å². The molecule has 0 spiro atoms. The quantitative estimate of drug-likeness (QED) is 0.517. The van der Waals surface area contributed by atoms with Crippen LogP contribution in [-0.2, 0) is 29.2 Å². The molecule has 2 fully saturated rings. The maximum absolute atomic E-state index is 13.6. The van der Waals surface area contributed by atoms with Crippen LogP contribution in [0.2, 0.25) is 0 Å². The second kappa shape index (κ2) is 7.80. The summed E-state index contributed by atoms with van der Waals surface area (Å²) in [6.07, 6.45) is 0.118. The van der Waals surface area contributed by atoms with Gasteiger partial charge in [-0.2, -0.15) is 0 Å². The summed E-state index contributed by atoms with van der Waals surface area (Å²) in [5, 5.41) is 0. The van der Waals surface area contributed by atoms with Gasteiger partial charge >= 0.3 is 18.0 Å². The Labute approximate surface area is 181 Å². The van der Waals surface area contributed by atoms with E-state index in [0.717, 1.165) is 0 Å². The number of piperidine rings is 1. The molecule has 2 saturated heterocycles. The van der Waals surface area contributed by atoms with Crippen LogP contribution < -0.4 is 0 Å². The third kappa shape index (κ3) is 4.67. The molecule has 3 rings (SSSR count). The summed E-state index contributed by atoms with van der Waals surface area (Å²) in [6.45, 7) is 10.5. The number of hydrogen-bond donors (Lipinski definition) is 0. The number of nitrogens with zero attached hydrogens (tertiary/aromatic N) is 1. The van der Waals surface area contributed by atoms with Crippen molar-refractivity contribution in [1.29, 1.82) is 0 Å². The van der Waals surface area contributed by atoms with Crippen molar-refractivity contribution in [2.24, 2.45) is 5.92 Å². The van der Waals surface area contributed by atoms with E-state index in [4.69, 9.17) is 14.2 Å². The maximum Gasteiger partial charge on any atom is 0.410 e. The number of carbonyl (C=O) groups is 3. The highest BCUT2D eigenvalue weighted by Crippen LogP contribution is 2.47. The fourth-order valence-electron chi connectivity index (χ4n) is 4.51. The van der Waals surface area contributed by atoms with Gasteiger partial charge in [-0.1, -0.05) is 12.1 Å². The van der Waals surface area contributed by atoms with Gasteiger partial charge in [-0.3, -0.25) is 9.59 Å². The van der Waals surface area contributed by atoms with Crippen molar-refractivity contribution in [1.82, 2.24) is 4.90 Å². The predicted octanol–water partition coefficient (Wildman–Crippen LogP) is 3.94. The highest BCUT2D eigenvalue weighted by atomic mass is 19.1. The van der Waals surface area contributed by atoms with Crippen LogP contribution in [0.4, 0.5) is 9.18 Å². The van der Waals surface area contributed by atoms with Gasteiger partial charge in [0, 0.05) is 31.8 Å². The normalized spacial score (nSPS) is 26.8. The molecule has 0 radical (unpaired) electrons. The summed E-state index contributed by atoms with van der Waals surface area (Å²) in [5.41, 5.74) is -1.02. The number of cyclic esters (lactones) is 2. The van der Waals surface area contributed by atoms with Crippen LogP contribution in [0.5, 0.6) is 0 Å². The number of carbonyl (C=O) groups excluding carboxylic acids is 3. The van der Waals surface area contributed by atoms with E-state index in [9.17, 15) is 18.8 Å². The molecule has 8 heteroatoms. The van der Waals surface area contributed by atoms with Crippen molar-refractivity contribution >= 4 is 18.0 Å². The maximum atomic E-state index is 13.6. The molecule has 170 valence electrons. The fraction of sp³-hybridized carbons (Fsp3) is 0.609. The first-order chi connectivity index (χ1) is 14.2. The molecule has 2 heterocycles. The summed E-state index contributed by atoms with van der Waals surface area (Å²) in [6, 6.07) is 5.40. The average molecular weight is 435 g/mol. The first kappa shape index (κ1) is 23.0. The summed E-state index contributed by atoms with van der Waals surface area (Å²) >= 11 is 0. The summed E-state index contributed by atoms with van der Waals surface area (Å²) < 4.78 is 29.9. The molecule has 2 unspecified atom stereocenters. The Balaban J connectivity index is 1.98. The Morgan fingerprint density at radius 2 is 1.68 bits per heavy atom. The second-order valence-electron chi connectivity index (χ2n) is 9.81. The van der Waals surface area contributed by atoms with Crippen molar-refractivity contribution in [3.05, 3.63) is 35.6 Å². The largest absolute Gasteiger partial charge is 0.444 e. The first-order valence-corrected chi connectivity index (χ1v) is 10.5. The number of halogens is 1. The molecule has 0 bridgehead atoms. The zero-order valence-electron chi connectivity index (χ0n) is 18.9. The second-order valence-corrected chi connectivity index (χ2v) is 9.81. The molecule has 2 aliphatic rings. The minimum atomic E-state index is -1.35. The number of benzene rings is 1. The molecule has 0 saturated carbocycles. The van der Waals surface area contributed by atoms with E-state index >= 15 is 0 Å². The standard InChI is InChI=1S/C23H30FNO6/c1-14-13-23(15-7-9-16(24)10-8-15,11-12-25(14)20(28)31-21(2,3)4)17-18(26)29-22(5,6)30-19(17)27/h7-10,14,17H,11-13H2,1-6H3. The van der Waals surface area contributed by atoms with E-state index in [2.05, 4.69) is 0 Å². The van der Waals surface area contributed by atoms with Crippen molar-refractivity contribution in [2.45, 2.75) is 77.2 Å². The van der Waals surface area contributed by atoms with Gasteiger partial charge in [0.1, 0.15) is 11.4 Å². The van der Waals surface area contributed by atoms with Crippen LogP contribution in [0, 0.1) is 11.7 Å². The van der Waals surface area contributed by atoms with E-state index in [-0.39, 0.29) is 25.4 Å². The summed E-state index contributed by atoms with van der Waals surface area (Å²) in [5.74, 6) is -4.34. The molecule has 1 amide bonds. The summed E-state index contributed by atoms with van der Waals surface area (Å²) in [4.78, 5) is 40.2. The monoisotopic (exact) mass is 435 g/mol. The van der Waals surface area contributed by atoms with Crippen LogP contribution in [0.1, 0.15) is 59.9 Å². The molecule has 7 nitrogen and oxygen atoms in total. The van der Waals surface area contributed by atoms with Crippen LogP contribution in [0.25, 0.3) is 0 Å². The van der Waals surface area contributed by atoms with Gasteiger partial charge in [-0.05, 0) is 58.2 Å². The van der Waals surface area contributed by atoms with E-state index in [0.29, 0.717) is 5.56 Å². The van der Waals surface area contributed by atoms with Crippen molar-refractivity contribution < 1.29 is 33.0 Å². The van der Waals surface area contributed by atoms with Crippen molar-refractivity contribution in [3.8, 4) is 0 Å². The van der Waals surface area contributed by atoms with Gasteiger partial charge < -0.3 is 19.1 Å². The van der Waals surface area contributed by atoms with Crippen LogP contribution in [-0.4, -0.2) is 46.9 Å². The van der Waals surface area contributed by atoms with Gasteiger partial charge in [0.15, 0.2) is 5.92 Å². The van der Waals surface area contributed by atoms with Crippen LogP contribution >= 0.6 is 0 Å². The van der Waals surface area contributed by atoms with Crippen LogP contribution in [0.15, 0.2) is 24.3 Å². The summed E-state index contributed by atoms with van der Waals surface area (Å²) in [7, 11) is 0. The number of amides is 1. The van der Waals surface area contributed by atoms with Gasteiger partial charge in [-0.25, -0.2) is 9.18 Å². The Kier molecular flexibility index (Phi) is 5.80. The first-order valence-electron chi connectivity index (χ1n) is 10.5. The highest BCUT2D eigenvalue weighted by molar-refractivity contribution is 5.98. The number of esters is 2. The number of ether oxygens (including phenoxy) is 3. The Morgan fingerprint density at radius 3 is 2.16 bits per heavy atom. The number of likely N-dealkylation sites (tertiary alicyclic amines) is 1. The lowest BCUT2D eigenvalue weighted by atomic mass is 9.62. The molecule has 0 aliphatic carbocycles. The molecule has 1 aromatic carbocycles. The zero-order valence-corrected chi connectivity index (χ0v) is 18.9. The third-order valence-electron chi connectivity index (χ3n) is 5.75. The molecule has 0 aromatic heterocycles. The minimum Gasteiger partial charge on any atom is -0.444 e. The van der Waals surface area contributed by atoms with Crippen molar-refractivity contribution in [3.63, 3.8) is 0 Å². The minimum absolute atomic E-state index is 0.258. The smallest absolute Gasteiger partial charge is 0.410 e. The molecule has 31 heavy (non-hydrogen) atoms. The molecule has 2 atom stereocenters. The Bertz CT molecular complexity index is 855. The number of rotatable bonds is 2. The molecule has 0 N–H and O–H groups in total. The molecular formula is C23H30FNO6. The number of hydrogen-bond acceptors (Lipinski definition) is 6. The Hall–Kier alpha value is -2.64. The van der Waals surface area contributed by atoms with Gasteiger partial charge in [0.2, 0.25) is 0 Å². The lowest BCUT2D eigenvalue weighted by Gasteiger charge is -2.49. The average Bonchev–Trinajstić information content (AvgIpc) is 2.58. The van der Waals surface area contributed by atoms with E-state index in [1.54, 1.807) is 37.8 Å². The van der Waals surface area contributed by atoms with Gasteiger partial charge in [0.25, 0.3) is 5.79 Å². The Morgan fingerprint density at radius 1 is 1.13 bits per heavy atom. The predicted molar refractivity (Wildman–Crippen MR) is 109 cm³/mol. The lowest BCUT2D eigenvalue weighted by Crippen LogP contribution is -2.60. The SMILES string of the molecule is CC1CC(c2ccc(F)cc2)(C2C(=O)OC(C)(C)OC2=O)CCN1C(=O)OC(C)(C)C. The van der Waals surface area contributed by atoms with Gasteiger partial charge in [-0.15, -0.1) is 0 Å². The molecule has 2 aliphatic heterocycles. The fourth-order valence-corrected chi connectivity index (χ4v) is 4.51. The van der Waals surface area contributed by atoms with E-state index in [1.807, 2.05) is 6.92 Å². The third-order valence-corrected chi connectivity index (χ3v) is 5.75. The zero-order chi connectivity index (χ0) is 23.2. The van der Waals surface area contributed by atoms with Crippen molar-refractivity contribution in [2.75, 3.05) is 6.54 Å². The van der Waals surface area contributed by atoms with Gasteiger partial charge in [0.05, 0.1) is 0 Å².